The lowest BCUT2D eigenvalue weighted by molar-refractivity contribution is 0.0191. The van der Waals surface area contributed by atoms with Crippen LogP contribution in [-0.2, 0) is 24.2 Å². The van der Waals surface area contributed by atoms with Crippen molar-refractivity contribution in [3.05, 3.63) is 127 Å². The van der Waals surface area contributed by atoms with Gasteiger partial charge in [-0.2, -0.15) is 19.8 Å². The number of pyridine rings is 2. The molecule has 12 rings (SSSR count). The molecule has 2 aliphatic heterocycles. The van der Waals surface area contributed by atoms with Gasteiger partial charge < -0.3 is 15.0 Å². The molecule has 0 unspecified atom stereocenters. The van der Waals surface area contributed by atoms with Crippen molar-refractivity contribution in [2.45, 2.75) is 71.6 Å². The molecule has 0 saturated carbocycles. The van der Waals surface area contributed by atoms with Crippen molar-refractivity contribution in [1.82, 2.24) is 89.9 Å². The zero-order valence-electron chi connectivity index (χ0n) is 40.4. The molecule has 21 heteroatoms. The largest absolute Gasteiger partial charge is 0.444 e. The molecule has 0 aliphatic carbocycles. The number of nitrogens with one attached hydrogen (secondary N) is 2. The van der Waals surface area contributed by atoms with Gasteiger partial charge in [-0.15, -0.1) is 15.3 Å². The monoisotopic (exact) mass is 1030 g/mol. The molecule has 0 atom stereocenters. The van der Waals surface area contributed by atoms with E-state index in [1.165, 1.54) is 12.8 Å². The van der Waals surface area contributed by atoms with Crippen molar-refractivity contribution in [2.75, 3.05) is 31.5 Å². The number of aromatic nitrogens is 16. The topological polar surface area (TPSA) is 226 Å². The first kappa shape index (κ1) is 48.0. The highest BCUT2D eigenvalue weighted by molar-refractivity contribution is 9.09. The van der Waals surface area contributed by atoms with Gasteiger partial charge in [0.15, 0.2) is 11.5 Å². The quantitative estimate of drug-likeness (QED) is 0.132. The Kier molecular flexibility index (Phi) is 14.5. The predicted molar refractivity (Wildman–Crippen MR) is 276 cm³/mol. The van der Waals surface area contributed by atoms with Gasteiger partial charge in [0.2, 0.25) is 5.65 Å². The number of amides is 1. The third-order valence-electron chi connectivity index (χ3n) is 12.6. The number of halogens is 1. The van der Waals surface area contributed by atoms with Crippen LogP contribution in [0.2, 0.25) is 0 Å². The zero-order chi connectivity index (χ0) is 49.4. The average Bonchev–Trinajstić information content (AvgIpc) is 4.26. The van der Waals surface area contributed by atoms with Crippen LogP contribution in [0.5, 0.6) is 0 Å². The van der Waals surface area contributed by atoms with E-state index in [9.17, 15) is 4.79 Å². The first-order chi connectivity index (χ1) is 35.1. The van der Waals surface area contributed by atoms with Crippen LogP contribution in [0.4, 0.5) is 4.79 Å². The highest BCUT2D eigenvalue weighted by Gasteiger charge is 2.26. The Labute approximate surface area is 423 Å². The van der Waals surface area contributed by atoms with E-state index in [4.69, 9.17) is 9.72 Å². The molecule has 10 heterocycles. The second kappa shape index (κ2) is 21.8. The molecule has 368 valence electrons. The van der Waals surface area contributed by atoms with Gasteiger partial charge in [0.25, 0.3) is 5.78 Å². The highest BCUT2D eigenvalue weighted by Crippen LogP contribution is 2.24. The van der Waals surface area contributed by atoms with Crippen molar-refractivity contribution in [1.29, 1.82) is 0 Å². The lowest BCUT2D eigenvalue weighted by Gasteiger charge is -2.32. The van der Waals surface area contributed by atoms with Gasteiger partial charge >= 0.3 is 6.09 Å². The molecule has 2 N–H and O–H groups in total. The van der Waals surface area contributed by atoms with Gasteiger partial charge in [-0.05, 0) is 119 Å². The van der Waals surface area contributed by atoms with E-state index in [1.807, 2.05) is 72.9 Å². The molecule has 20 nitrogen and oxygen atoms in total. The van der Waals surface area contributed by atoms with Gasteiger partial charge in [-0.3, -0.25) is 19.7 Å². The summed E-state index contributed by atoms with van der Waals surface area (Å²) < 4.78 is 10.8. The summed E-state index contributed by atoms with van der Waals surface area (Å²) in [5, 5.41) is 39.3. The Bertz CT molecular complexity index is 3410. The van der Waals surface area contributed by atoms with Crippen molar-refractivity contribution in [3.8, 4) is 22.5 Å². The Morgan fingerprint density at radius 3 is 2.25 bits per heavy atom. The van der Waals surface area contributed by atoms with Crippen molar-refractivity contribution in [2.24, 2.45) is 11.8 Å². The van der Waals surface area contributed by atoms with E-state index in [0.29, 0.717) is 47.6 Å². The van der Waals surface area contributed by atoms with Gasteiger partial charge in [-0.1, -0.05) is 45.4 Å². The number of fused-ring (bicyclic) bond motifs is 4. The lowest BCUT2D eigenvalue weighted by Crippen LogP contribution is -2.41. The number of likely N-dealkylation sites (tertiary alicyclic amines) is 1. The van der Waals surface area contributed by atoms with E-state index in [-0.39, 0.29) is 11.7 Å². The molecule has 10 aromatic rings. The van der Waals surface area contributed by atoms with Crippen molar-refractivity contribution < 1.29 is 9.53 Å². The van der Waals surface area contributed by atoms with Crippen LogP contribution in [0, 0.1) is 11.8 Å². The Morgan fingerprint density at radius 1 is 0.792 bits per heavy atom. The molecule has 1 amide bonds. The molecule has 0 bridgehead atoms. The summed E-state index contributed by atoms with van der Waals surface area (Å²) >= 11 is 3.48. The second-order valence-corrected chi connectivity index (χ2v) is 19.7. The fourth-order valence-corrected chi connectivity index (χ4v) is 9.35. The number of ether oxygens (including phenoxy) is 1. The molecule has 2 saturated heterocycles. The van der Waals surface area contributed by atoms with Gasteiger partial charge in [0.05, 0.1) is 48.1 Å². The number of aromatic amines is 1. The standard InChI is InChI=1S/C23H23N9.C17H12N8.C11H20BrNO2/c1-2-18-10-17(3-4-20(18)25-7-1)14-32-23-22(29-30-32)26-12-21(28-23)19-11-27-31(15-19)13-16-5-8-24-9-6-16;1-2-12-6-11(3-4-14(12)18-5-1)7-16-22-23-17-19-10-15(24-25(16)17)13-8-20-21-9-13;1-11(2,3)15-10(14)13-6-4-9(8-12)5-7-13/h1-4,7,10-12,15-16,24H,5-6,8-9,13-14H2;1-6,8-10H,7H2,(H,20,21);9H,4-8H2,1-3H3. The van der Waals surface area contributed by atoms with Crippen molar-refractivity contribution >= 4 is 60.9 Å². The van der Waals surface area contributed by atoms with Gasteiger partial charge in [0, 0.05) is 78.1 Å². The number of alkyl halides is 1. The fraction of sp³-hybridized carbons (Fsp3) is 0.353. The maximum absolute atomic E-state index is 11.7. The molecule has 8 aromatic heterocycles. The number of H-pyrrole nitrogens is 1. The van der Waals surface area contributed by atoms with E-state index >= 15 is 0 Å². The van der Waals surface area contributed by atoms with Crippen LogP contribution in [0.25, 0.3) is 61.4 Å². The number of carbonyl (C=O) groups is 1. The smallest absolute Gasteiger partial charge is 0.410 e. The normalized spacial score (nSPS) is 14.6. The summed E-state index contributed by atoms with van der Waals surface area (Å²) in [4.78, 5) is 35.9. The molecular formula is C51H55BrN18O2. The molecule has 0 spiro atoms. The number of rotatable bonds is 9. The number of nitrogens with zero attached hydrogens (tertiary/aromatic N) is 16. The Hall–Kier alpha value is -7.65. The third kappa shape index (κ3) is 11.7. The number of benzene rings is 2. The fourth-order valence-electron chi connectivity index (χ4n) is 8.71. The van der Waals surface area contributed by atoms with E-state index in [1.54, 1.807) is 46.4 Å². The minimum absolute atomic E-state index is 0.171. The Morgan fingerprint density at radius 2 is 1.53 bits per heavy atom. The van der Waals surface area contributed by atoms with Crippen LogP contribution in [-0.4, -0.2) is 128 Å². The first-order valence-corrected chi connectivity index (χ1v) is 25.3. The SMILES string of the molecule is CC(C)(C)OC(=O)N1CCC(CBr)CC1.c1cnc2ccc(Cc3nnc4ncc(-c5cn[nH]c5)nn34)cc2c1.c1cnc2ccc(Cn3nnc4ncc(-c5cnn(CC6CCNCC6)c5)nc43)cc2c1. The number of hydrogen-bond donors (Lipinski definition) is 2. The lowest BCUT2D eigenvalue weighted by atomic mass is 9.98. The summed E-state index contributed by atoms with van der Waals surface area (Å²) in [7, 11) is 0. The summed E-state index contributed by atoms with van der Waals surface area (Å²) in [5.41, 5.74) is 8.31. The van der Waals surface area contributed by atoms with Crippen LogP contribution in [0.3, 0.4) is 0 Å². The number of piperidine rings is 2. The number of carbonyl (C=O) groups excluding carboxylic acids is 1. The zero-order valence-corrected chi connectivity index (χ0v) is 42.0. The molecule has 2 fully saturated rings. The Balaban J connectivity index is 0.000000133. The first-order valence-electron chi connectivity index (χ1n) is 24.2. The molecular weight excluding hydrogens is 977 g/mol. The summed E-state index contributed by atoms with van der Waals surface area (Å²) in [6.07, 6.45) is 19.4. The van der Waals surface area contributed by atoms with Crippen LogP contribution in [0.15, 0.2) is 110 Å². The van der Waals surface area contributed by atoms with Crippen LogP contribution in [0.1, 0.15) is 63.4 Å². The maximum atomic E-state index is 11.7. The van der Waals surface area contributed by atoms with Crippen molar-refractivity contribution in [3.63, 3.8) is 0 Å². The molecule has 2 aromatic carbocycles. The van der Waals surface area contributed by atoms with Gasteiger partial charge in [-0.25, -0.2) is 24.4 Å². The second-order valence-electron chi connectivity index (χ2n) is 19.1. The summed E-state index contributed by atoms with van der Waals surface area (Å²) in [5.74, 6) is 2.59. The third-order valence-corrected chi connectivity index (χ3v) is 13.5. The summed E-state index contributed by atoms with van der Waals surface area (Å²) in [6.45, 7) is 11.0. The summed E-state index contributed by atoms with van der Waals surface area (Å²) in [6, 6.07) is 20.4. The highest BCUT2D eigenvalue weighted by atomic mass is 79.9. The molecule has 72 heavy (non-hydrogen) atoms. The molecule has 2 aliphatic rings. The van der Waals surface area contributed by atoms with E-state index in [2.05, 4.69) is 113 Å². The minimum Gasteiger partial charge on any atom is -0.444 e. The minimum atomic E-state index is -0.386. The van der Waals surface area contributed by atoms with Gasteiger partial charge in [0.1, 0.15) is 11.3 Å². The molecule has 0 radical (unpaired) electrons. The maximum Gasteiger partial charge on any atom is 0.410 e. The van der Waals surface area contributed by atoms with E-state index in [0.717, 1.165) is 106 Å². The number of hydrogen-bond acceptors (Lipinski definition) is 15. The predicted octanol–water partition coefficient (Wildman–Crippen LogP) is 7.76. The van der Waals surface area contributed by atoms with Crippen LogP contribution < -0.4 is 5.32 Å². The van der Waals surface area contributed by atoms with Crippen LogP contribution >= 0.6 is 15.9 Å². The van der Waals surface area contributed by atoms with E-state index < -0.39 is 0 Å². The average molecular weight is 1030 g/mol.